The predicted molar refractivity (Wildman–Crippen MR) is 97.1 cm³/mol. The van der Waals surface area contributed by atoms with Crippen molar-refractivity contribution in [2.45, 2.75) is 39.2 Å². The number of amides is 1. The fraction of sp³-hybridized carbons (Fsp3) is 0.400. The highest BCUT2D eigenvalue weighted by atomic mass is 79.9. The Morgan fingerprint density at radius 1 is 1.04 bits per heavy atom. The number of piperidine rings is 1. The molecule has 1 N–H and O–H groups in total. The number of rotatable bonds is 5. The Morgan fingerprint density at radius 3 is 2.32 bits per heavy atom. The zero-order valence-electron chi connectivity index (χ0n) is 14.7. The van der Waals surface area contributed by atoms with Crippen LogP contribution in [0.15, 0.2) is 48.8 Å². The van der Waals surface area contributed by atoms with Gasteiger partial charge >= 0.3 is 0 Å². The van der Waals surface area contributed by atoms with Crippen LogP contribution in [0.5, 0.6) is 0 Å². The maximum Gasteiger partial charge on any atom is 0.230 e. The number of hydrogen-bond acceptors (Lipinski definition) is 2. The minimum Gasteiger partial charge on any atom is -1.00 e. The van der Waals surface area contributed by atoms with Gasteiger partial charge in [-0.1, -0.05) is 0 Å². The molecular formula is C20H26BrN3O. The van der Waals surface area contributed by atoms with Gasteiger partial charge in [0.2, 0.25) is 5.91 Å². The molecule has 1 aromatic heterocycles. The van der Waals surface area contributed by atoms with Gasteiger partial charge in [-0.15, -0.1) is 0 Å². The molecule has 134 valence electrons. The van der Waals surface area contributed by atoms with E-state index in [2.05, 4.69) is 41.4 Å². The monoisotopic (exact) mass is 403 g/mol. The molecule has 0 bridgehead atoms. The maximum absolute atomic E-state index is 12.1. The first-order chi connectivity index (χ1) is 11.7. The average molecular weight is 404 g/mol. The number of aromatic nitrogens is 1. The van der Waals surface area contributed by atoms with Gasteiger partial charge in [0.25, 0.3) is 0 Å². The van der Waals surface area contributed by atoms with Crippen molar-refractivity contribution in [3.63, 3.8) is 0 Å². The second-order valence-electron chi connectivity index (χ2n) is 6.51. The first kappa shape index (κ1) is 19.4. The lowest BCUT2D eigenvalue weighted by atomic mass is 10.1. The number of hydrogen-bond donors (Lipinski definition) is 1. The molecule has 1 aliphatic heterocycles. The SMILES string of the molecule is Cc1cc[n+](CCC(=O)Nc2ccc(N3CCCCC3)cc2)cc1.[Br-]. The number of nitrogens with zero attached hydrogens (tertiary/aromatic N) is 2. The van der Waals surface area contributed by atoms with Crippen LogP contribution < -0.4 is 31.8 Å². The number of nitrogens with one attached hydrogen (secondary N) is 1. The Bertz CT molecular complexity index is 664. The largest absolute Gasteiger partial charge is 1.00 e. The molecule has 0 aliphatic carbocycles. The molecule has 3 rings (SSSR count). The van der Waals surface area contributed by atoms with E-state index < -0.39 is 0 Å². The zero-order chi connectivity index (χ0) is 16.8. The molecule has 0 saturated carbocycles. The van der Waals surface area contributed by atoms with Gasteiger partial charge in [-0.3, -0.25) is 4.79 Å². The highest BCUT2D eigenvalue weighted by Crippen LogP contribution is 2.21. The van der Waals surface area contributed by atoms with Gasteiger partial charge in [0.15, 0.2) is 18.9 Å². The normalized spacial score (nSPS) is 13.9. The quantitative estimate of drug-likeness (QED) is 0.729. The third-order valence-corrected chi connectivity index (χ3v) is 4.53. The summed E-state index contributed by atoms with van der Waals surface area (Å²) < 4.78 is 2.03. The highest BCUT2D eigenvalue weighted by Gasteiger charge is 2.11. The Morgan fingerprint density at radius 2 is 1.68 bits per heavy atom. The molecule has 25 heavy (non-hydrogen) atoms. The van der Waals surface area contributed by atoms with Crippen molar-refractivity contribution in [2.24, 2.45) is 0 Å². The van der Waals surface area contributed by atoms with Crippen molar-refractivity contribution in [3.05, 3.63) is 54.4 Å². The molecule has 0 radical (unpaired) electrons. The van der Waals surface area contributed by atoms with Gasteiger partial charge in [-0.05, 0) is 56.0 Å². The summed E-state index contributed by atoms with van der Waals surface area (Å²) in [7, 11) is 0. The summed E-state index contributed by atoms with van der Waals surface area (Å²) in [5.74, 6) is 0.0498. The highest BCUT2D eigenvalue weighted by molar-refractivity contribution is 5.90. The Hall–Kier alpha value is -1.88. The van der Waals surface area contributed by atoms with Crippen LogP contribution in [0.2, 0.25) is 0 Å². The zero-order valence-corrected chi connectivity index (χ0v) is 16.3. The lowest BCUT2D eigenvalue weighted by molar-refractivity contribution is -0.695. The molecule has 5 heteroatoms. The van der Waals surface area contributed by atoms with Gasteiger partial charge in [-0.25, -0.2) is 4.57 Å². The van der Waals surface area contributed by atoms with Crippen LogP contribution in [0.25, 0.3) is 0 Å². The van der Waals surface area contributed by atoms with Crippen LogP contribution in [-0.2, 0) is 11.3 Å². The fourth-order valence-electron chi connectivity index (χ4n) is 3.04. The van der Waals surface area contributed by atoms with Crippen LogP contribution in [-0.4, -0.2) is 19.0 Å². The molecule has 4 nitrogen and oxygen atoms in total. The van der Waals surface area contributed by atoms with Crippen molar-refractivity contribution < 1.29 is 26.3 Å². The third-order valence-electron chi connectivity index (χ3n) is 4.53. The van der Waals surface area contributed by atoms with Gasteiger partial charge in [0.1, 0.15) is 0 Å². The van der Waals surface area contributed by atoms with E-state index in [9.17, 15) is 4.79 Å². The van der Waals surface area contributed by atoms with Crippen LogP contribution in [0.1, 0.15) is 31.2 Å². The minimum absolute atomic E-state index is 0. The molecule has 1 fully saturated rings. The summed E-state index contributed by atoms with van der Waals surface area (Å²) >= 11 is 0. The molecule has 0 unspecified atom stereocenters. The summed E-state index contributed by atoms with van der Waals surface area (Å²) in [6, 6.07) is 12.3. The van der Waals surface area contributed by atoms with Crippen LogP contribution in [0.3, 0.4) is 0 Å². The number of carbonyl (C=O) groups is 1. The first-order valence-electron chi connectivity index (χ1n) is 8.81. The summed E-state index contributed by atoms with van der Waals surface area (Å²) in [6.07, 6.45) is 8.38. The molecule has 2 aromatic rings. The summed E-state index contributed by atoms with van der Waals surface area (Å²) in [4.78, 5) is 14.5. The molecule has 1 aliphatic rings. The number of aryl methyl sites for hydroxylation is 2. The lowest BCUT2D eigenvalue weighted by Gasteiger charge is -2.28. The number of anilines is 2. The summed E-state index contributed by atoms with van der Waals surface area (Å²) in [6.45, 7) is 5.03. The molecule has 1 saturated heterocycles. The van der Waals surface area contributed by atoms with E-state index >= 15 is 0 Å². The van der Waals surface area contributed by atoms with E-state index in [1.807, 2.05) is 29.1 Å². The summed E-state index contributed by atoms with van der Waals surface area (Å²) in [5, 5.41) is 2.98. The van der Waals surface area contributed by atoms with E-state index in [4.69, 9.17) is 0 Å². The second kappa shape index (κ2) is 9.56. The van der Waals surface area contributed by atoms with Crippen molar-refractivity contribution in [1.82, 2.24) is 0 Å². The number of halogens is 1. The van der Waals surface area contributed by atoms with Crippen LogP contribution >= 0.6 is 0 Å². The van der Waals surface area contributed by atoms with Crippen molar-refractivity contribution in [1.29, 1.82) is 0 Å². The van der Waals surface area contributed by atoms with E-state index in [1.165, 1.54) is 30.5 Å². The molecular weight excluding hydrogens is 378 g/mol. The minimum atomic E-state index is 0. The van der Waals surface area contributed by atoms with E-state index in [0.29, 0.717) is 13.0 Å². The smallest absolute Gasteiger partial charge is 0.230 e. The van der Waals surface area contributed by atoms with E-state index in [-0.39, 0.29) is 22.9 Å². The van der Waals surface area contributed by atoms with Crippen LogP contribution in [0.4, 0.5) is 11.4 Å². The van der Waals surface area contributed by atoms with Crippen molar-refractivity contribution in [2.75, 3.05) is 23.3 Å². The first-order valence-corrected chi connectivity index (χ1v) is 8.81. The Kier molecular flexibility index (Phi) is 7.44. The Labute approximate surface area is 160 Å². The number of benzene rings is 1. The molecule has 1 amide bonds. The van der Waals surface area contributed by atoms with E-state index in [0.717, 1.165) is 18.8 Å². The van der Waals surface area contributed by atoms with Gasteiger partial charge < -0.3 is 27.2 Å². The average Bonchev–Trinajstić information content (AvgIpc) is 2.63. The topological polar surface area (TPSA) is 36.2 Å². The third kappa shape index (κ3) is 5.85. The molecule has 1 aromatic carbocycles. The predicted octanol–water partition coefficient (Wildman–Crippen LogP) is 0.306. The summed E-state index contributed by atoms with van der Waals surface area (Å²) in [5.41, 5.74) is 3.35. The van der Waals surface area contributed by atoms with E-state index in [1.54, 1.807) is 0 Å². The van der Waals surface area contributed by atoms with Gasteiger partial charge in [0, 0.05) is 36.6 Å². The van der Waals surface area contributed by atoms with Crippen molar-refractivity contribution >= 4 is 17.3 Å². The maximum atomic E-state index is 12.1. The fourth-order valence-corrected chi connectivity index (χ4v) is 3.04. The van der Waals surface area contributed by atoms with Gasteiger partial charge in [-0.2, -0.15) is 0 Å². The number of pyridine rings is 1. The van der Waals surface area contributed by atoms with Crippen LogP contribution in [0, 0.1) is 6.92 Å². The van der Waals surface area contributed by atoms with Gasteiger partial charge in [0.05, 0.1) is 6.42 Å². The number of carbonyl (C=O) groups excluding carboxylic acids is 1. The Balaban J connectivity index is 0.00000225. The molecule has 0 spiro atoms. The standard InChI is InChI=1S/C20H25N3O.BrH/c1-17-9-14-22(15-10-17)16-11-20(24)21-18-5-7-19(8-6-18)23-12-3-2-4-13-23;/h5-10,14-15H,2-4,11-13,16H2,1H3;1H. The van der Waals surface area contributed by atoms with Crippen molar-refractivity contribution in [3.8, 4) is 0 Å². The molecule has 2 heterocycles. The molecule has 0 atom stereocenters. The second-order valence-corrected chi connectivity index (χ2v) is 6.51. The lowest BCUT2D eigenvalue weighted by Crippen LogP contribution is -3.00.